The van der Waals surface area contributed by atoms with Crippen LogP contribution in [0.5, 0.6) is 0 Å². The van der Waals surface area contributed by atoms with Crippen molar-refractivity contribution in [1.82, 2.24) is 0 Å². The molecule has 0 heterocycles. The quantitative estimate of drug-likeness (QED) is 0.687. The predicted molar refractivity (Wildman–Crippen MR) is 83.7 cm³/mol. The zero-order chi connectivity index (χ0) is 16.3. The van der Waals surface area contributed by atoms with Gasteiger partial charge in [0.15, 0.2) is 11.6 Å². The minimum atomic E-state index is -0.423. The van der Waals surface area contributed by atoms with Crippen molar-refractivity contribution in [3.63, 3.8) is 0 Å². The van der Waals surface area contributed by atoms with Crippen LogP contribution in [0.15, 0.2) is 35.5 Å². The summed E-state index contributed by atoms with van der Waals surface area (Å²) < 4.78 is 0. The standard InChI is InChI=1S/C19H21NO2/c1-17(2)14-5-7-18(3)10-12(11-20)13(21)9-15(18)19(14,4)8-6-16(17)22/h6,8-10,14H,5,7H2,1-4H3/t14-,18-,19-/m0/s1. The van der Waals surface area contributed by atoms with Gasteiger partial charge in [-0.2, -0.15) is 5.26 Å². The van der Waals surface area contributed by atoms with Crippen LogP contribution in [0.4, 0.5) is 0 Å². The minimum Gasteiger partial charge on any atom is -0.294 e. The van der Waals surface area contributed by atoms with Crippen LogP contribution in [0.3, 0.4) is 0 Å². The van der Waals surface area contributed by atoms with Gasteiger partial charge in [0.1, 0.15) is 6.07 Å². The van der Waals surface area contributed by atoms with E-state index in [4.69, 9.17) is 5.26 Å². The number of hydrogen-bond donors (Lipinski definition) is 0. The Bertz CT molecular complexity index is 716. The van der Waals surface area contributed by atoms with Gasteiger partial charge in [0.2, 0.25) is 0 Å². The average Bonchev–Trinajstić information content (AvgIpc) is 2.44. The van der Waals surface area contributed by atoms with Crippen molar-refractivity contribution in [2.75, 3.05) is 0 Å². The van der Waals surface area contributed by atoms with E-state index in [0.29, 0.717) is 0 Å². The summed E-state index contributed by atoms with van der Waals surface area (Å²) in [5.74, 6) is 0.135. The number of carbonyl (C=O) groups is 2. The molecule has 0 spiro atoms. The van der Waals surface area contributed by atoms with Crippen LogP contribution < -0.4 is 0 Å². The van der Waals surface area contributed by atoms with Crippen LogP contribution in [0.1, 0.15) is 40.5 Å². The fourth-order valence-electron chi connectivity index (χ4n) is 4.79. The summed E-state index contributed by atoms with van der Waals surface area (Å²) in [5, 5.41) is 9.15. The van der Waals surface area contributed by atoms with Gasteiger partial charge in [0.05, 0.1) is 5.57 Å². The number of ketones is 2. The maximum absolute atomic E-state index is 12.3. The molecule has 3 aliphatic rings. The summed E-state index contributed by atoms with van der Waals surface area (Å²) >= 11 is 0. The van der Waals surface area contributed by atoms with Crippen molar-refractivity contribution in [2.24, 2.45) is 22.2 Å². The fourth-order valence-corrected chi connectivity index (χ4v) is 4.79. The Hall–Kier alpha value is -1.95. The number of nitrogens with zero attached hydrogens (tertiary/aromatic N) is 1. The minimum absolute atomic E-state index is 0.162. The fraction of sp³-hybridized carbons (Fsp3) is 0.526. The first-order valence-corrected chi connectivity index (χ1v) is 7.79. The summed E-state index contributed by atoms with van der Waals surface area (Å²) in [4.78, 5) is 24.5. The second-order valence-electron chi connectivity index (χ2n) is 7.80. The van der Waals surface area contributed by atoms with Crippen molar-refractivity contribution >= 4 is 11.6 Å². The average molecular weight is 295 g/mol. The summed E-state index contributed by atoms with van der Waals surface area (Å²) in [6.45, 7) is 8.24. The summed E-state index contributed by atoms with van der Waals surface area (Å²) in [5.41, 5.74) is 0.289. The first-order valence-electron chi connectivity index (χ1n) is 7.79. The maximum atomic E-state index is 12.3. The Morgan fingerprint density at radius 2 is 1.91 bits per heavy atom. The SMILES string of the molecule is CC1(C)C(=O)C=C[C@]2(C)C3=CC(=O)C(C#N)=C[C@]3(C)CC[C@@H]12. The van der Waals surface area contributed by atoms with Gasteiger partial charge in [-0.15, -0.1) is 0 Å². The summed E-state index contributed by atoms with van der Waals surface area (Å²) in [7, 11) is 0. The third-order valence-corrected chi connectivity index (χ3v) is 6.08. The number of carbonyl (C=O) groups excluding carboxylic acids is 2. The highest BCUT2D eigenvalue weighted by atomic mass is 16.1. The van der Waals surface area contributed by atoms with Gasteiger partial charge in [-0.3, -0.25) is 9.59 Å². The molecule has 1 fully saturated rings. The number of rotatable bonds is 0. The molecule has 0 N–H and O–H groups in total. The van der Waals surface area contributed by atoms with Gasteiger partial charge in [0.25, 0.3) is 0 Å². The molecule has 0 aliphatic heterocycles. The van der Waals surface area contributed by atoms with Crippen LogP contribution in [0, 0.1) is 33.5 Å². The van der Waals surface area contributed by atoms with Crippen LogP contribution in [0.25, 0.3) is 0 Å². The van der Waals surface area contributed by atoms with E-state index in [1.165, 1.54) is 0 Å². The van der Waals surface area contributed by atoms with Crippen molar-refractivity contribution in [3.05, 3.63) is 35.5 Å². The summed E-state index contributed by atoms with van der Waals surface area (Å²) in [6.07, 6.45) is 8.92. The molecule has 22 heavy (non-hydrogen) atoms. The molecule has 3 heteroatoms. The molecule has 3 rings (SSSR count). The molecule has 0 unspecified atom stereocenters. The van der Waals surface area contributed by atoms with Crippen molar-refractivity contribution in [2.45, 2.75) is 40.5 Å². The molecule has 0 amide bonds. The summed E-state index contributed by atoms with van der Waals surface area (Å²) in [6, 6.07) is 2.01. The van der Waals surface area contributed by atoms with E-state index in [1.54, 1.807) is 12.2 Å². The molecular formula is C19H21NO2. The number of nitriles is 1. The molecule has 0 aromatic carbocycles. The molecule has 3 aliphatic carbocycles. The molecule has 0 aromatic rings. The second-order valence-corrected chi connectivity index (χ2v) is 7.80. The smallest absolute Gasteiger partial charge is 0.196 e. The number of allylic oxidation sites excluding steroid dienone is 6. The third kappa shape index (κ3) is 1.73. The molecule has 114 valence electrons. The van der Waals surface area contributed by atoms with Crippen LogP contribution in [-0.4, -0.2) is 11.6 Å². The lowest BCUT2D eigenvalue weighted by Gasteiger charge is -2.56. The lowest BCUT2D eigenvalue weighted by molar-refractivity contribution is -0.129. The van der Waals surface area contributed by atoms with E-state index in [-0.39, 0.29) is 33.9 Å². The molecule has 0 aromatic heterocycles. The second kappa shape index (κ2) is 4.29. The first-order chi connectivity index (χ1) is 10.1. The Morgan fingerprint density at radius 3 is 2.55 bits per heavy atom. The monoisotopic (exact) mass is 295 g/mol. The van der Waals surface area contributed by atoms with Crippen LogP contribution >= 0.6 is 0 Å². The molecule has 3 atom stereocenters. The third-order valence-electron chi connectivity index (χ3n) is 6.08. The zero-order valence-electron chi connectivity index (χ0n) is 13.6. The normalized spacial score (nSPS) is 39.3. The van der Waals surface area contributed by atoms with E-state index >= 15 is 0 Å². The highest BCUT2D eigenvalue weighted by Gasteiger charge is 2.56. The van der Waals surface area contributed by atoms with Crippen molar-refractivity contribution in [3.8, 4) is 6.07 Å². The molecule has 1 saturated carbocycles. The lowest BCUT2D eigenvalue weighted by Crippen LogP contribution is -2.52. The van der Waals surface area contributed by atoms with E-state index in [1.807, 2.05) is 32.1 Å². The van der Waals surface area contributed by atoms with Gasteiger partial charge in [0, 0.05) is 16.2 Å². The Morgan fingerprint density at radius 1 is 1.23 bits per heavy atom. The van der Waals surface area contributed by atoms with Crippen molar-refractivity contribution in [1.29, 1.82) is 5.26 Å². The van der Waals surface area contributed by atoms with E-state index in [9.17, 15) is 9.59 Å². The topological polar surface area (TPSA) is 57.9 Å². The van der Waals surface area contributed by atoms with Crippen LogP contribution in [0.2, 0.25) is 0 Å². The molecular weight excluding hydrogens is 274 g/mol. The van der Waals surface area contributed by atoms with Crippen LogP contribution in [-0.2, 0) is 9.59 Å². The number of fused-ring (bicyclic) bond motifs is 3. The maximum Gasteiger partial charge on any atom is 0.196 e. The Kier molecular flexibility index (Phi) is 2.92. The van der Waals surface area contributed by atoms with E-state index in [0.717, 1.165) is 18.4 Å². The van der Waals surface area contributed by atoms with Gasteiger partial charge in [-0.05, 0) is 36.5 Å². The van der Waals surface area contributed by atoms with Gasteiger partial charge < -0.3 is 0 Å². The highest BCUT2D eigenvalue weighted by Crippen LogP contribution is 2.62. The lowest BCUT2D eigenvalue weighted by atomic mass is 9.46. The molecule has 0 bridgehead atoms. The first kappa shape index (κ1) is 15.0. The van der Waals surface area contributed by atoms with Gasteiger partial charge >= 0.3 is 0 Å². The van der Waals surface area contributed by atoms with Gasteiger partial charge in [-0.1, -0.05) is 39.8 Å². The molecule has 0 radical (unpaired) electrons. The van der Waals surface area contributed by atoms with E-state index < -0.39 is 5.41 Å². The Labute approximate surface area is 131 Å². The Balaban J connectivity index is 2.19. The predicted octanol–water partition coefficient (Wildman–Crippen LogP) is 3.53. The highest BCUT2D eigenvalue weighted by molar-refractivity contribution is 6.09. The molecule has 0 saturated heterocycles. The van der Waals surface area contributed by atoms with E-state index in [2.05, 4.69) is 13.8 Å². The largest absolute Gasteiger partial charge is 0.294 e. The zero-order valence-corrected chi connectivity index (χ0v) is 13.6. The van der Waals surface area contributed by atoms with Gasteiger partial charge in [-0.25, -0.2) is 0 Å². The van der Waals surface area contributed by atoms with Crippen molar-refractivity contribution < 1.29 is 9.59 Å². The number of hydrogen-bond acceptors (Lipinski definition) is 3. The molecule has 3 nitrogen and oxygen atoms in total.